The third-order valence-electron chi connectivity index (χ3n) is 7.65. The Kier molecular flexibility index (Phi) is 6.00. The predicted octanol–water partition coefficient (Wildman–Crippen LogP) is 4.27. The Balaban J connectivity index is 1.32. The molecule has 3 heterocycles. The van der Waals surface area contributed by atoms with Crippen LogP contribution in [0, 0.1) is 19.8 Å². The highest BCUT2D eigenvalue weighted by molar-refractivity contribution is 5.76. The third kappa shape index (κ3) is 4.64. The van der Waals surface area contributed by atoms with E-state index < -0.39 is 0 Å². The number of hydrogen-bond donors (Lipinski definition) is 1. The number of nitrogens with one attached hydrogen (secondary N) is 1. The van der Waals surface area contributed by atoms with E-state index in [4.69, 9.17) is 10.1 Å². The maximum atomic E-state index is 12.2. The Morgan fingerprint density at radius 2 is 1.90 bits per heavy atom. The third-order valence-corrected chi connectivity index (χ3v) is 7.65. The van der Waals surface area contributed by atoms with Gasteiger partial charge in [-0.05, 0) is 76.8 Å². The molecule has 0 unspecified atom stereocenters. The Morgan fingerprint density at radius 3 is 2.68 bits per heavy atom. The van der Waals surface area contributed by atoms with Crippen molar-refractivity contribution in [3.8, 4) is 0 Å². The lowest BCUT2D eigenvalue weighted by Gasteiger charge is -2.30. The number of nitrogens with zero attached hydrogens (tertiary/aromatic N) is 4. The van der Waals surface area contributed by atoms with Crippen LogP contribution in [0.5, 0.6) is 0 Å². The summed E-state index contributed by atoms with van der Waals surface area (Å²) in [5.41, 5.74) is 5.44. The molecule has 0 spiro atoms. The van der Waals surface area contributed by atoms with Crippen LogP contribution in [0.4, 0.5) is 0 Å². The topological polar surface area (TPSA) is 62.5 Å². The van der Waals surface area contributed by atoms with E-state index in [1.165, 1.54) is 69.3 Å². The molecule has 0 aromatic carbocycles. The van der Waals surface area contributed by atoms with Crippen molar-refractivity contribution in [2.24, 2.45) is 5.92 Å². The lowest BCUT2D eigenvalue weighted by atomic mass is 9.89. The highest BCUT2D eigenvalue weighted by Crippen LogP contribution is 2.35. The standard InChI is InChI=1S/C25H37N5O/c1-17-21(12-13-25(31)27-20-10-11-20)18(2)30-24(26-17)15-22(28-30)23-9-6-14-29(23)16-19-7-4-3-5-8-19/h15,19-20,23H,3-14,16H2,1-2H3,(H,27,31)/t23-/m1/s1. The number of carbonyl (C=O) groups is 1. The normalized spacial score (nSPS) is 23.0. The monoisotopic (exact) mass is 423 g/mol. The summed E-state index contributed by atoms with van der Waals surface area (Å²) < 4.78 is 2.02. The number of rotatable bonds is 7. The predicted molar refractivity (Wildman–Crippen MR) is 122 cm³/mol. The number of amides is 1. The van der Waals surface area contributed by atoms with Gasteiger partial charge in [0, 0.05) is 36.5 Å². The van der Waals surface area contributed by atoms with Crippen molar-refractivity contribution < 1.29 is 4.79 Å². The molecule has 31 heavy (non-hydrogen) atoms. The van der Waals surface area contributed by atoms with Crippen molar-refractivity contribution >= 4 is 11.6 Å². The Hall–Kier alpha value is -1.95. The van der Waals surface area contributed by atoms with E-state index in [0.717, 1.165) is 42.2 Å². The zero-order valence-corrected chi connectivity index (χ0v) is 19.2. The molecule has 5 rings (SSSR count). The summed E-state index contributed by atoms with van der Waals surface area (Å²) in [6, 6.07) is 3.05. The van der Waals surface area contributed by atoms with E-state index in [9.17, 15) is 4.79 Å². The van der Waals surface area contributed by atoms with E-state index in [2.05, 4.69) is 30.1 Å². The fourth-order valence-electron chi connectivity index (χ4n) is 5.72. The van der Waals surface area contributed by atoms with E-state index in [0.29, 0.717) is 18.5 Å². The zero-order valence-electron chi connectivity index (χ0n) is 19.2. The first-order valence-electron chi connectivity index (χ1n) is 12.5. The second kappa shape index (κ2) is 8.89. The molecule has 1 atom stereocenters. The Labute approximate surface area is 185 Å². The molecule has 2 saturated carbocycles. The molecule has 3 fully saturated rings. The van der Waals surface area contributed by atoms with Gasteiger partial charge in [-0.3, -0.25) is 9.69 Å². The molecule has 0 bridgehead atoms. The van der Waals surface area contributed by atoms with Crippen LogP contribution in [0.25, 0.3) is 5.65 Å². The molecule has 2 aromatic rings. The minimum absolute atomic E-state index is 0.159. The molecule has 2 aliphatic carbocycles. The molecule has 1 amide bonds. The summed E-state index contributed by atoms with van der Waals surface area (Å²) in [5.74, 6) is 1.02. The van der Waals surface area contributed by atoms with Crippen molar-refractivity contribution in [1.82, 2.24) is 24.8 Å². The average molecular weight is 424 g/mol. The maximum absolute atomic E-state index is 12.2. The quantitative estimate of drug-likeness (QED) is 0.722. The van der Waals surface area contributed by atoms with Gasteiger partial charge in [0.05, 0.1) is 11.7 Å². The second-order valence-corrected chi connectivity index (χ2v) is 10.1. The smallest absolute Gasteiger partial charge is 0.220 e. The van der Waals surface area contributed by atoms with Crippen LogP contribution < -0.4 is 5.32 Å². The average Bonchev–Trinajstić information content (AvgIpc) is 3.28. The van der Waals surface area contributed by atoms with Gasteiger partial charge in [-0.1, -0.05) is 19.3 Å². The number of hydrogen-bond acceptors (Lipinski definition) is 4. The largest absolute Gasteiger partial charge is 0.353 e. The lowest BCUT2D eigenvalue weighted by molar-refractivity contribution is -0.121. The number of aryl methyl sites for hydroxylation is 2. The van der Waals surface area contributed by atoms with E-state index in [-0.39, 0.29) is 5.91 Å². The molecule has 1 aliphatic heterocycles. The number of aromatic nitrogens is 3. The van der Waals surface area contributed by atoms with Gasteiger partial charge >= 0.3 is 0 Å². The first-order chi connectivity index (χ1) is 15.1. The summed E-state index contributed by atoms with van der Waals surface area (Å²) in [7, 11) is 0. The van der Waals surface area contributed by atoms with Gasteiger partial charge in [0.15, 0.2) is 5.65 Å². The van der Waals surface area contributed by atoms with Crippen molar-refractivity contribution in [2.75, 3.05) is 13.1 Å². The van der Waals surface area contributed by atoms with Crippen molar-refractivity contribution in [1.29, 1.82) is 0 Å². The SMILES string of the molecule is Cc1nc2cc([C@H]3CCCN3CC3CCCCC3)nn2c(C)c1CCC(=O)NC1CC1. The van der Waals surface area contributed by atoms with Gasteiger partial charge in [-0.2, -0.15) is 5.10 Å². The molecule has 168 valence electrons. The van der Waals surface area contributed by atoms with Crippen LogP contribution in [0.3, 0.4) is 0 Å². The highest BCUT2D eigenvalue weighted by Gasteiger charge is 2.31. The van der Waals surface area contributed by atoms with Gasteiger partial charge in [0.1, 0.15) is 0 Å². The van der Waals surface area contributed by atoms with E-state index >= 15 is 0 Å². The molecule has 1 N–H and O–H groups in total. The van der Waals surface area contributed by atoms with Crippen LogP contribution >= 0.6 is 0 Å². The summed E-state index contributed by atoms with van der Waals surface area (Å²) in [4.78, 5) is 19.7. The molecular weight excluding hydrogens is 386 g/mol. The van der Waals surface area contributed by atoms with Gasteiger partial charge in [-0.25, -0.2) is 9.50 Å². The minimum atomic E-state index is 0.159. The molecule has 1 saturated heterocycles. The zero-order chi connectivity index (χ0) is 21.4. The lowest BCUT2D eigenvalue weighted by Crippen LogP contribution is -2.30. The second-order valence-electron chi connectivity index (χ2n) is 10.1. The van der Waals surface area contributed by atoms with E-state index in [1.54, 1.807) is 0 Å². The number of likely N-dealkylation sites (tertiary alicyclic amines) is 1. The Bertz CT molecular complexity index is 941. The van der Waals surface area contributed by atoms with E-state index in [1.807, 2.05) is 4.52 Å². The van der Waals surface area contributed by atoms with Gasteiger partial charge in [0.2, 0.25) is 5.91 Å². The summed E-state index contributed by atoms with van der Waals surface area (Å²) >= 11 is 0. The van der Waals surface area contributed by atoms with Crippen molar-refractivity contribution in [3.05, 3.63) is 28.7 Å². The molecule has 2 aromatic heterocycles. The molecule has 6 heteroatoms. The maximum Gasteiger partial charge on any atom is 0.220 e. The molecule has 6 nitrogen and oxygen atoms in total. The van der Waals surface area contributed by atoms with Gasteiger partial charge < -0.3 is 5.32 Å². The van der Waals surface area contributed by atoms with Gasteiger partial charge in [-0.15, -0.1) is 0 Å². The number of fused-ring (bicyclic) bond motifs is 1. The number of carbonyl (C=O) groups excluding carboxylic acids is 1. The summed E-state index contributed by atoms with van der Waals surface area (Å²) in [6.45, 7) is 6.62. The molecule has 3 aliphatic rings. The van der Waals surface area contributed by atoms with Crippen LogP contribution in [0.15, 0.2) is 6.07 Å². The highest BCUT2D eigenvalue weighted by atomic mass is 16.1. The van der Waals surface area contributed by atoms with Crippen LogP contribution in [-0.4, -0.2) is 44.5 Å². The van der Waals surface area contributed by atoms with Crippen LogP contribution in [0.1, 0.15) is 92.9 Å². The fraction of sp³-hybridized carbons (Fsp3) is 0.720. The first-order valence-corrected chi connectivity index (χ1v) is 12.5. The summed E-state index contributed by atoms with van der Waals surface area (Å²) in [5, 5.41) is 8.13. The van der Waals surface area contributed by atoms with Gasteiger partial charge in [0.25, 0.3) is 0 Å². The van der Waals surface area contributed by atoms with Crippen LogP contribution in [-0.2, 0) is 11.2 Å². The minimum Gasteiger partial charge on any atom is -0.353 e. The van der Waals surface area contributed by atoms with Crippen molar-refractivity contribution in [3.63, 3.8) is 0 Å². The molecule has 0 radical (unpaired) electrons. The van der Waals surface area contributed by atoms with Crippen LogP contribution in [0.2, 0.25) is 0 Å². The Morgan fingerprint density at radius 1 is 1.10 bits per heavy atom. The fourth-order valence-corrected chi connectivity index (χ4v) is 5.72. The molecular formula is C25H37N5O. The summed E-state index contributed by atoms with van der Waals surface area (Å²) in [6.07, 6.45) is 13.0. The van der Waals surface area contributed by atoms with Crippen molar-refractivity contribution in [2.45, 2.75) is 96.6 Å². The first kappa shape index (κ1) is 20.9.